The zero-order chi connectivity index (χ0) is 9.19. The summed E-state index contributed by atoms with van der Waals surface area (Å²) in [6, 6.07) is 0. The number of nitrogens with one attached hydrogen (secondary N) is 1. The molecule has 72 valence electrons. The molecule has 1 fully saturated rings. The molecule has 4 heteroatoms. The summed E-state index contributed by atoms with van der Waals surface area (Å²) in [7, 11) is 1.80. The van der Waals surface area contributed by atoms with Crippen molar-refractivity contribution in [1.82, 2.24) is 5.32 Å². The maximum Gasteiger partial charge on any atom is 0.163 e. The Morgan fingerprint density at radius 1 is 1.67 bits per heavy atom. The number of ether oxygens (including phenoxy) is 2. The third-order valence-corrected chi connectivity index (χ3v) is 1.87. The summed E-state index contributed by atoms with van der Waals surface area (Å²) in [4.78, 5) is 0. The van der Waals surface area contributed by atoms with Gasteiger partial charge in [-0.15, -0.1) is 0 Å². The van der Waals surface area contributed by atoms with E-state index in [2.05, 4.69) is 5.32 Å². The lowest BCUT2D eigenvalue weighted by Crippen LogP contribution is -2.37. The van der Waals surface area contributed by atoms with Gasteiger partial charge < -0.3 is 19.9 Å². The first-order chi connectivity index (χ1) is 5.55. The van der Waals surface area contributed by atoms with Crippen molar-refractivity contribution >= 4 is 0 Å². The maximum atomic E-state index is 9.51. The van der Waals surface area contributed by atoms with Gasteiger partial charge in [-0.3, -0.25) is 0 Å². The lowest BCUT2D eigenvalue weighted by molar-refractivity contribution is -0.150. The van der Waals surface area contributed by atoms with E-state index in [1.165, 1.54) is 0 Å². The van der Waals surface area contributed by atoms with E-state index in [0.717, 1.165) is 0 Å². The first-order valence-corrected chi connectivity index (χ1v) is 4.19. The molecule has 1 aliphatic rings. The van der Waals surface area contributed by atoms with E-state index in [4.69, 9.17) is 9.47 Å². The Labute approximate surface area is 72.9 Å². The van der Waals surface area contributed by atoms with Crippen LogP contribution in [0.4, 0.5) is 0 Å². The Hall–Kier alpha value is -0.160. The van der Waals surface area contributed by atoms with E-state index in [1.807, 2.05) is 13.8 Å². The smallest absolute Gasteiger partial charge is 0.163 e. The lowest BCUT2D eigenvalue weighted by Gasteiger charge is -2.20. The monoisotopic (exact) mass is 175 g/mol. The van der Waals surface area contributed by atoms with Crippen LogP contribution >= 0.6 is 0 Å². The predicted octanol–water partition coefficient (Wildman–Crippen LogP) is -0.282. The van der Waals surface area contributed by atoms with Gasteiger partial charge in [-0.1, -0.05) is 0 Å². The molecule has 4 nitrogen and oxygen atoms in total. The number of likely N-dealkylation sites (N-methyl/N-ethyl adjacent to an activating group) is 1. The van der Waals surface area contributed by atoms with Crippen LogP contribution in [0.2, 0.25) is 0 Å². The van der Waals surface area contributed by atoms with E-state index in [9.17, 15) is 5.11 Å². The van der Waals surface area contributed by atoms with Crippen molar-refractivity contribution in [2.45, 2.75) is 31.8 Å². The Morgan fingerprint density at radius 3 is 2.75 bits per heavy atom. The van der Waals surface area contributed by atoms with Crippen molar-refractivity contribution < 1.29 is 14.6 Å². The average molecular weight is 175 g/mol. The summed E-state index contributed by atoms with van der Waals surface area (Å²) in [5.41, 5.74) is 0. The topological polar surface area (TPSA) is 50.7 Å². The molecule has 1 aliphatic heterocycles. The fourth-order valence-electron chi connectivity index (χ4n) is 1.25. The highest BCUT2D eigenvalue weighted by molar-refractivity contribution is 4.78. The number of aliphatic hydroxyl groups is 1. The van der Waals surface area contributed by atoms with Crippen LogP contribution in [0.3, 0.4) is 0 Å². The number of hydrogen-bond donors (Lipinski definition) is 2. The molecule has 0 saturated carbocycles. The molecule has 2 unspecified atom stereocenters. The van der Waals surface area contributed by atoms with Crippen molar-refractivity contribution in [3.05, 3.63) is 0 Å². The molecule has 1 rings (SSSR count). The molecule has 0 spiro atoms. The minimum atomic E-state index is -0.542. The van der Waals surface area contributed by atoms with Gasteiger partial charge >= 0.3 is 0 Å². The highest BCUT2D eigenvalue weighted by Crippen LogP contribution is 2.23. The van der Waals surface area contributed by atoms with E-state index in [1.54, 1.807) is 7.05 Å². The van der Waals surface area contributed by atoms with E-state index in [-0.39, 0.29) is 6.10 Å². The van der Waals surface area contributed by atoms with Gasteiger partial charge in [0.2, 0.25) is 0 Å². The van der Waals surface area contributed by atoms with Crippen LogP contribution in [0.5, 0.6) is 0 Å². The summed E-state index contributed by atoms with van der Waals surface area (Å²) in [5.74, 6) is -0.542. The predicted molar refractivity (Wildman–Crippen MR) is 44.8 cm³/mol. The second-order valence-electron chi connectivity index (χ2n) is 3.49. The van der Waals surface area contributed by atoms with Crippen LogP contribution in [0.25, 0.3) is 0 Å². The quantitative estimate of drug-likeness (QED) is 0.619. The van der Waals surface area contributed by atoms with Crippen molar-refractivity contribution in [3.63, 3.8) is 0 Å². The first kappa shape index (κ1) is 9.92. The Morgan fingerprint density at radius 2 is 2.33 bits per heavy atom. The summed E-state index contributed by atoms with van der Waals surface area (Å²) >= 11 is 0. The van der Waals surface area contributed by atoms with Gasteiger partial charge in [0.1, 0.15) is 6.10 Å². The van der Waals surface area contributed by atoms with Gasteiger partial charge in [0.05, 0.1) is 12.7 Å². The molecule has 12 heavy (non-hydrogen) atoms. The normalized spacial score (nSPS) is 30.5. The molecule has 0 amide bonds. The standard InChI is InChI=1S/C8H17NO3/c1-8(2)11-5-7(12-8)6(10)4-9-3/h6-7,9-10H,4-5H2,1-3H3. The van der Waals surface area contributed by atoms with Gasteiger partial charge in [0.25, 0.3) is 0 Å². The van der Waals surface area contributed by atoms with Crippen molar-refractivity contribution in [3.8, 4) is 0 Å². The zero-order valence-electron chi connectivity index (χ0n) is 7.83. The molecule has 0 aromatic heterocycles. The molecule has 1 saturated heterocycles. The van der Waals surface area contributed by atoms with Crippen molar-refractivity contribution in [2.75, 3.05) is 20.2 Å². The minimum absolute atomic E-state index is 0.201. The Bertz CT molecular complexity index is 149. The number of hydrogen-bond acceptors (Lipinski definition) is 4. The molecule has 0 aromatic rings. The fourth-order valence-corrected chi connectivity index (χ4v) is 1.25. The zero-order valence-corrected chi connectivity index (χ0v) is 7.83. The molecule has 0 radical (unpaired) electrons. The summed E-state index contributed by atoms with van der Waals surface area (Å²) in [5, 5.41) is 12.4. The molecule has 2 atom stereocenters. The lowest BCUT2D eigenvalue weighted by atomic mass is 10.2. The minimum Gasteiger partial charge on any atom is -0.389 e. The van der Waals surface area contributed by atoms with Crippen LogP contribution in [0.15, 0.2) is 0 Å². The van der Waals surface area contributed by atoms with Gasteiger partial charge in [0.15, 0.2) is 5.79 Å². The molecule has 0 bridgehead atoms. The molecular formula is C8H17NO3. The summed E-state index contributed by atoms with van der Waals surface area (Å²) in [6.45, 7) is 4.69. The molecule has 2 N–H and O–H groups in total. The highest BCUT2D eigenvalue weighted by atomic mass is 16.7. The van der Waals surface area contributed by atoms with Gasteiger partial charge in [-0.25, -0.2) is 0 Å². The number of rotatable bonds is 3. The van der Waals surface area contributed by atoms with Gasteiger partial charge in [0, 0.05) is 6.54 Å². The van der Waals surface area contributed by atoms with Crippen molar-refractivity contribution in [1.29, 1.82) is 0 Å². The maximum absolute atomic E-state index is 9.51. The second-order valence-corrected chi connectivity index (χ2v) is 3.49. The summed E-state index contributed by atoms with van der Waals surface area (Å²) in [6.07, 6.45) is -0.691. The third-order valence-electron chi connectivity index (χ3n) is 1.87. The highest BCUT2D eigenvalue weighted by Gasteiger charge is 2.36. The van der Waals surface area contributed by atoms with Crippen LogP contribution in [-0.2, 0) is 9.47 Å². The first-order valence-electron chi connectivity index (χ1n) is 4.19. The van der Waals surface area contributed by atoms with E-state index >= 15 is 0 Å². The van der Waals surface area contributed by atoms with E-state index < -0.39 is 11.9 Å². The second kappa shape index (κ2) is 3.70. The van der Waals surface area contributed by atoms with Crippen LogP contribution in [0, 0.1) is 0 Å². The van der Waals surface area contributed by atoms with Crippen LogP contribution in [-0.4, -0.2) is 43.3 Å². The van der Waals surface area contributed by atoms with E-state index in [0.29, 0.717) is 13.2 Å². The number of aliphatic hydroxyl groups excluding tert-OH is 1. The van der Waals surface area contributed by atoms with Gasteiger partial charge in [-0.05, 0) is 20.9 Å². The average Bonchev–Trinajstić information content (AvgIpc) is 2.31. The van der Waals surface area contributed by atoms with Crippen LogP contribution in [0.1, 0.15) is 13.8 Å². The SMILES string of the molecule is CNCC(O)C1COC(C)(C)O1. The summed E-state index contributed by atoms with van der Waals surface area (Å²) < 4.78 is 10.8. The molecule has 0 aliphatic carbocycles. The third kappa shape index (κ3) is 2.42. The Balaban J connectivity index is 2.36. The molecule has 1 heterocycles. The molecular weight excluding hydrogens is 158 g/mol. The largest absolute Gasteiger partial charge is 0.389 e. The fraction of sp³-hybridized carbons (Fsp3) is 1.00. The van der Waals surface area contributed by atoms with Crippen LogP contribution < -0.4 is 5.32 Å². The molecule has 0 aromatic carbocycles. The Kier molecular flexibility index (Phi) is 3.06. The van der Waals surface area contributed by atoms with Crippen molar-refractivity contribution in [2.24, 2.45) is 0 Å². The van der Waals surface area contributed by atoms with Gasteiger partial charge in [-0.2, -0.15) is 0 Å².